The van der Waals surface area contributed by atoms with Crippen molar-refractivity contribution in [1.82, 2.24) is 5.32 Å². The van der Waals surface area contributed by atoms with Crippen LogP contribution in [0.25, 0.3) is 0 Å². The molecule has 1 aromatic rings. The molecule has 0 fully saturated rings. The van der Waals surface area contributed by atoms with Gasteiger partial charge < -0.3 is 5.32 Å². The number of benzene rings is 1. The summed E-state index contributed by atoms with van der Waals surface area (Å²) >= 11 is 0. The Morgan fingerprint density at radius 2 is 1.62 bits per heavy atom. The number of hydrogen-bond donors (Lipinski definition) is 1. The average Bonchev–Trinajstić information content (AvgIpc) is 2.14. The second kappa shape index (κ2) is 4.43. The van der Waals surface area contributed by atoms with Gasteiger partial charge in [0.25, 0.3) is 0 Å². The summed E-state index contributed by atoms with van der Waals surface area (Å²) < 4.78 is 0. The van der Waals surface area contributed by atoms with E-state index in [4.69, 9.17) is 0 Å². The van der Waals surface area contributed by atoms with E-state index in [0.717, 1.165) is 13.0 Å². The maximum atomic E-state index is 3.19. The van der Waals surface area contributed by atoms with Gasteiger partial charge in [0.15, 0.2) is 0 Å². The van der Waals surface area contributed by atoms with Crippen LogP contribution in [0.15, 0.2) is 12.1 Å². The summed E-state index contributed by atoms with van der Waals surface area (Å²) in [6.45, 7) is 7.60. The smallest absolute Gasteiger partial charge is 0.0205 e. The van der Waals surface area contributed by atoms with Crippen molar-refractivity contribution >= 4 is 0 Å². The summed E-state index contributed by atoms with van der Waals surface area (Å²) in [7, 11) is 1.99. The summed E-state index contributed by atoms with van der Waals surface area (Å²) in [6, 6.07) is 4.48. The van der Waals surface area contributed by atoms with Crippen LogP contribution in [0.5, 0.6) is 0 Å². The predicted molar refractivity (Wildman–Crippen MR) is 58.1 cm³/mol. The standard InChI is InChI=1S/C12H19N/c1-5-11-6-7-12(8-13-4)10(3)9(11)2/h6-7,13H,5,8H2,1-4H3. The fourth-order valence-electron chi connectivity index (χ4n) is 1.70. The van der Waals surface area contributed by atoms with Crippen LogP contribution in [0.3, 0.4) is 0 Å². The monoisotopic (exact) mass is 177 g/mol. The van der Waals surface area contributed by atoms with Crippen molar-refractivity contribution in [2.45, 2.75) is 33.7 Å². The Morgan fingerprint density at radius 3 is 2.15 bits per heavy atom. The highest BCUT2D eigenvalue weighted by Crippen LogP contribution is 2.17. The average molecular weight is 177 g/mol. The predicted octanol–water partition coefficient (Wildman–Crippen LogP) is 2.59. The third-order valence-corrected chi connectivity index (χ3v) is 2.76. The van der Waals surface area contributed by atoms with Crippen LogP contribution in [0, 0.1) is 13.8 Å². The van der Waals surface area contributed by atoms with E-state index in [2.05, 4.69) is 38.2 Å². The highest BCUT2D eigenvalue weighted by atomic mass is 14.8. The second-order valence-electron chi connectivity index (χ2n) is 3.52. The van der Waals surface area contributed by atoms with E-state index < -0.39 is 0 Å². The largest absolute Gasteiger partial charge is 0.316 e. The van der Waals surface area contributed by atoms with Gasteiger partial charge in [0.2, 0.25) is 0 Å². The number of hydrogen-bond acceptors (Lipinski definition) is 1. The molecule has 1 N–H and O–H groups in total. The van der Waals surface area contributed by atoms with Crippen molar-refractivity contribution in [3.8, 4) is 0 Å². The van der Waals surface area contributed by atoms with Crippen LogP contribution >= 0.6 is 0 Å². The van der Waals surface area contributed by atoms with E-state index in [9.17, 15) is 0 Å². The molecule has 0 saturated carbocycles. The lowest BCUT2D eigenvalue weighted by Gasteiger charge is -2.11. The van der Waals surface area contributed by atoms with Gasteiger partial charge in [0.1, 0.15) is 0 Å². The molecule has 0 aliphatic carbocycles. The van der Waals surface area contributed by atoms with E-state index >= 15 is 0 Å². The van der Waals surface area contributed by atoms with Crippen molar-refractivity contribution in [3.63, 3.8) is 0 Å². The van der Waals surface area contributed by atoms with Crippen molar-refractivity contribution in [2.75, 3.05) is 7.05 Å². The fourth-order valence-corrected chi connectivity index (χ4v) is 1.70. The van der Waals surface area contributed by atoms with Crippen molar-refractivity contribution in [1.29, 1.82) is 0 Å². The molecule has 1 aromatic carbocycles. The first kappa shape index (κ1) is 10.3. The molecule has 13 heavy (non-hydrogen) atoms. The molecule has 0 saturated heterocycles. The zero-order valence-corrected chi connectivity index (χ0v) is 9.07. The Bertz CT molecular complexity index is 289. The lowest BCUT2D eigenvalue weighted by molar-refractivity contribution is 0.809. The Labute approximate surface area is 81.2 Å². The van der Waals surface area contributed by atoms with Crippen LogP contribution < -0.4 is 5.32 Å². The first-order chi connectivity index (χ1) is 6.20. The van der Waals surface area contributed by atoms with Gasteiger partial charge in [-0.2, -0.15) is 0 Å². The minimum atomic E-state index is 0.969. The van der Waals surface area contributed by atoms with Gasteiger partial charge in [-0.05, 0) is 49.6 Å². The van der Waals surface area contributed by atoms with E-state index in [0.29, 0.717) is 0 Å². The Balaban J connectivity index is 3.07. The van der Waals surface area contributed by atoms with E-state index in [1.165, 1.54) is 22.3 Å². The maximum absolute atomic E-state index is 3.19. The maximum Gasteiger partial charge on any atom is 0.0205 e. The first-order valence-corrected chi connectivity index (χ1v) is 4.93. The van der Waals surface area contributed by atoms with Crippen LogP contribution in [-0.4, -0.2) is 7.05 Å². The third kappa shape index (κ3) is 2.10. The molecule has 0 atom stereocenters. The van der Waals surface area contributed by atoms with E-state index in [1.54, 1.807) is 0 Å². The molecule has 0 bridgehead atoms. The Kier molecular flexibility index (Phi) is 3.49. The topological polar surface area (TPSA) is 12.0 Å². The van der Waals surface area contributed by atoms with Gasteiger partial charge in [-0.15, -0.1) is 0 Å². The van der Waals surface area contributed by atoms with Gasteiger partial charge in [-0.1, -0.05) is 19.1 Å². The van der Waals surface area contributed by atoms with Crippen LogP contribution in [0.4, 0.5) is 0 Å². The van der Waals surface area contributed by atoms with Crippen LogP contribution in [0.2, 0.25) is 0 Å². The van der Waals surface area contributed by atoms with E-state index in [-0.39, 0.29) is 0 Å². The third-order valence-electron chi connectivity index (χ3n) is 2.76. The second-order valence-corrected chi connectivity index (χ2v) is 3.52. The van der Waals surface area contributed by atoms with Crippen molar-refractivity contribution < 1.29 is 0 Å². The molecule has 1 heteroatoms. The fraction of sp³-hybridized carbons (Fsp3) is 0.500. The van der Waals surface area contributed by atoms with Gasteiger partial charge in [-0.3, -0.25) is 0 Å². The summed E-state index contributed by atoms with van der Waals surface area (Å²) in [5.74, 6) is 0. The van der Waals surface area contributed by atoms with Gasteiger partial charge >= 0.3 is 0 Å². The summed E-state index contributed by atoms with van der Waals surface area (Å²) in [4.78, 5) is 0. The number of aryl methyl sites for hydroxylation is 1. The number of nitrogens with one attached hydrogen (secondary N) is 1. The molecule has 0 aliphatic rings. The van der Waals surface area contributed by atoms with Gasteiger partial charge in [0.05, 0.1) is 0 Å². The van der Waals surface area contributed by atoms with Crippen LogP contribution in [0.1, 0.15) is 29.2 Å². The zero-order valence-electron chi connectivity index (χ0n) is 9.07. The van der Waals surface area contributed by atoms with Crippen molar-refractivity contribution in [2.24, 2.45) is 0 Å². The van der Waals surface area contributed by atoms with Crippen molar-refractivity contribution in [3.05, 3.63) is 34.4 Å². The highest BCUT2D eigenvalue weighted by Gasteiger charge is 2.03. The SMILES string of the molecule is CCc1ccc(CNC)c(C)c1C. The van der Waals surface area contributed by atoms with Crippen LogP contribution in [-0.2, 0) is 13.0 Å². The lowest BCUT2D eigenvalue weighted by Crippen LogP contribution is -2.08. The molecule has 0 unspecified atom stereocenters. The molecule has 0 spiro atoms. The van der Waals surface area contributed by atoms with Gasteiger partial charge in [0, 0.05) is 6.54 Å². The molecule has 0 aromatic heterocycles. The number of rotatable bonds is 3. The lowest BCUT2D eigenvalue weighted by atomic mass is 9.97. The highest BCUT2D eigenvalue weighted by molar-refractivity contribution is 5.39. The Hall–Kier alpha value is -0.820. The minimum Gasteiger partial charge on any atom is -0.316 e. The first-order valence-electron chi connectivity index (χ1n) is 4.93. The molecule has 1 nitrogen and oxygen atoms in total. The summed E-state index contributed by atoms with van der Waals surface area (Å²) in [6.07, 6.45) is 1.13. The molecule has 0 radical (unpaired) electrons. The quantitative estimate of drug-likeness (QED) is 0.748. The molecule has 0 heterocycles. The summed E-state index contributed by atoms with van der Waals surface area (Å²) in [5, 5.41) is 3.19. The molecule has 0 amide bonds. The minimum absolute atomic E-state index is 0.969. The normalized spacial score (nSPS) is 10.5. The molecule has 72 valence electrons. The van der Waals surface area contributed by atoms with E-state index in [1.807, 2.05) is 7.05 Å². The molecular formula is C12H19N. The summed E-state index contributed by atoms with van der Waals surface area (Å²) in [5.41, 5.74) is 5.78. The Morgan fingerprint density at radius 1 is 1.08 bits per heavy atom. The zero-order chi connectivity index (χ0) is 9.84. The molecule has 1 rings (SSSR count). The molecule has 0 aliphatic heterocycles. The van der Waals surface area contributed by atoms with Gasteiger partial charge in [-0.25, -0.2) is 0 Å². The molecular weight excluding hydrogens is 158 g/mol.